The highest BCUT2D eigenvalue weighted by atomic mass is 16.5. The zero-order valence-corrected chi connectivity index (χ0v) is 12.8. The second-order valence-electron chi connectivity index (χ2n) is 5.46. The van der Waals surface area contributed by atoms with Gasteiger partial charge >= 0.3 is 0 Å². The number of carbonyl (C=O) groups is 1. The Kier molecular flexibility index (Phi) is 4.78. The number of amides is 1. The van der Waals surface area contributed by atoms with Crippen molar-refractivity contribution in [3.05, 3.63) is 34.9 Å². The number of hydrogen-bond acceptors (Lipinski definition) is 3. The molecule has 0 spiro atoms. The molecule has 4 nitrogen and oxygen atoms in total. The van der Waals surface area contributed by atoms with E-state index in [4.69, 9.17) is 4.74 Å². The number of nitrogens with zero attached hydrogens (tertiary/aromatic N) is 1. The minimum Gasteiger partial charge on any atom is -0.377 e. The van der Waals surface area contributed by atoms with Gasteiger partial charge in [-0.05, 0) is 38.8 Å². The third-order valence-electron chi connectivity index (χ3n) is 3.71. The van der Waals surface area contributed by atoms with Crippen molar-refractivity contribution in [2.75, 3.05) is 19.7 Å². The number of rotatable bonds is 5. The molecule has 0 saturated carbocycles. The van der Waals surface area contributed by atoms with Crippen molar-refractivity contribution in [1.29, 1.82) is 0 Å². The Labute approximate surface area is 121 Å². The monoisotopic (exact) mass is 276 g/mol. The van der Waals surface area contributed by atoms with Crippen LogP contribution >= 0.6 is 0 Å². The average molecular weight is 276 g/mol. The zero-order chi connectivity index (χ0) is 14.7. The molecule has 1 saturated heterocycles. The lowest BCUT2D eigenvalue weighted by Crippen LogP contribution is -2.37. The number of carbonyl (C=O) groups excluding carboxylic acids is 1. The minimum absolute atomic E-state index is 0.0368. The van der Waals surface area contributed by atoms with Crippen molar-refractivity contribution >= 4 is 5.91 Å². The predicted octanol–water partition coefficient (Wildman–Crippen LogP) is 2.16. The number of benzene rings is 1. The molecule has 2 atom stereocenters. The van der Waals surface area contributed by atoms with E-state index in [9.17, 15) is 4.79 Å². The molecule has 1 heterocycles. The van der Waals surface area contributed by atoms with Crippen molar-refractivity contribution < 1.29 is 9.53 Å². The Balaban J connectivity index is 2.21. The van der Waals surface area contributed by atoms with E-state index < -0.39 is 0 Å². The SMILES string of the molecule is CCOC(C)CN1C(=O)CNC1c1cc(C)ccc1C. The first-order chi connectivity index (χ1) is 9.52. The average Bonchev–Trinajstić information content (AvgIpc) is 2.74. The predicted molar refractivity (Wildman–Crippen MR) is 79.5 cm³/mol. The van der Waals surface area contributed by atoms with Gasteiger partial charge in [-0.25, -0.2) is 0 Å². The lowest BCUT2D eigenvalue weighted by Gasteiger charge is -2.28. The third kappa shape index (κ3) is 3.19. The van der Waals surface area contributed by atoms with E-state index in [1.807, 2.05) is 18.7 Å². The van der Waals surface area contributed by atoms with E-state index in [0.29, 0.717) is 19.7 Å². The van der Waals surface area contributed by atoms with Gasteiger partial charge in [-0.15, -0.1) is 0 Å². The number of nitrogens with one attached hydrogen (secondary N) is 1. The zero-order valence-electron chi connectivity index (χ0n) is 12.8. The van der Waals surface area contributed by atoms with Crippen LogP contribution in [0.25, 0.3) is 0 Å². The minimum atomic E-state index is -0.0368. The summed E-state index contributed by atoms with van der Waals surface area (Å²) in [5, 5.41) is 3.31. The summed E-state index contributed by atoms with van der Waals surface area (Å²) in [4.78, 5) is 14.0. The molecule has 2 unspecified atom stereocenters. The Hall–Kier alpha value is -1.39. The Morgan fingerprint density at radius 3 is 2.90 bits per heavy atom. The number of ether oxygens (including phenoxy) is 1. The summed E-state index contributed by atoms with van der Waals surface area (Å²) in [6, 6.07) is 6.37. The molecule has 1 aliphatic heterocycles. The molecule has 0 radical (unpaired) electrons. The normalized spacial score (nSPS) is 20.5. The smallest absolute Gasteiger partial charge is 0.238 e. The van der Waals surface area contributed by atoms with Gasteiger partial charge in [0.2, 0.25) is 5.91 Å². The fourth-order valence-corrected chi connectivity index (χ4v) is 2.69. The quantitative estimate of drug-likeness (QED) is 0.896. The van der Waals surface area contributed by atoms with Crippen LogP contribution in [0, 0.1) is 13.8 Å². The van der Waals surface area contributed by atoms with Crippen LogP contribution in [0.3, 0.4) is 0 Å². The van der Waals surface area contributed by atoms with Crippen molar-refractivity contribution in [1.82, 2.24) is 10.2 Å². The van der Waals surface area contributed by atoms with E-state index in [2.05, 4.69) is 37.4 Å². The molecule has 1 N–H and O–H groups in total. The molecule has 110 valence electrons. The topological polar surface area (TPSA) is 41.6 Å². The number of aryl methyl sites for hydroxylation is 2. The molecule has 0 bridgehead atoms. The van der Waals surface area contributed by atoms with Crippen molar-refractivity contribution in [2.45, 2.75) is 40.0 Å². The van der Waals surface area contributed by atoms with Crippen molar-refractivity contribution in [3.63, 3.8) is 0 Å². The second-order valence-corrected chi connectivity index (χ2v) is 5.46. The van der Waals surface area contributed by atoms with Gasteiger partial charge in [0, 0.05) is 13.2 Å². The van der Waals surface area contributed by atoms with Crippen LogP contribution in [0.2, 0.25) is 0 Å². The van der Waals surface area contributed by atoms with Gasteiger partial charge < -0.3 is 9.64 Å². The fraction of sp³-hybridized carbons (Fsp3) is 0.562. The first-order valence-electron chi connectivity index (χ1n) is 7.24. The molecule has 1 aromatic rings. The third-order valence-corrected chi connectivity index (χ3v) is 3.71. The van der Waals surface area contributed by atoms with Gasteiger partial charge in [0.25, 0.3) is 0 Å². The summed E-state index contributed by atoms with van der Waals surface area (Å²) >= 11 is 0. The molecule has 1 aromatic carbocycles. The van der Waals surface area contributed by atoms with Crippen LogP contribution < -0.4 is 5.32 Å². The van der Waals surface area contributed by atoms with Gasteiger partial charge in [-0.1, -0.05) is 23.8 Å². The molecule has 0 aliphatic carbocycles. The van der Waals surface area contributed by atoms with Crippen LogP contribution in [-0.2, 0) is 9.53 Å². The second kappa shape index (κ2) is 6.37. The van der Waals surface area contributed by atoms with Crippen molar-refractivity contribution in [3.8, 4) is 0 Å². The largest absolute Gasteiger partial charge is 0.377 e. The summed E-state index contributed by atoms with van der Waals surface area (Å²) in [6.45, 7) is 9.84. The summed E-state index contributed by atoms with van der Waals surface area (Å²) in [6.07, 6.45) is 0.0155. The lowest BCUT2D eigenvalue weighted by atomic mass is 10.0. The van der Waals surface area contributed by atoms with Crippen LogP contribution in [0.4, 0.5) is 0 Å². The van der Waals surface area contributed by atoms with Crippen LogP contribution in [0.1, 0.15) is 36.7 Å². The Morgan fingerprint density at radius 1 is 1.45 bits per heavy atom. The van der Waals surface area contributed by atoms with E-state index in [1.165, 1.54) is 16.7 Å². The highest BCUT2D eigenvalue weighted by Gasteiger charge is 2.33. The summed E-state index contributed by atoms with van der Waals surface area (Å²) in [5.74, 6) is 0.141. The van der Waals surface area contributed by atoms with Gasteiger partial charge in [-0.3, -0.25) is 10.1 Å². The molecule has 4 heteroatoms. The molecule has 2 rings (SSSR count). The van der Waals surface area contributed by atoms with Gasteiger partial charge in [0.1, 0.15) is 6.17 Å². The van der Waals surface area contributed by atoms with E-state index >= 15 is 0 Å². The molecular formula is C16H24N2O2. The van der Waals surface area contributed by atoms with E-state index in [-0.39, 0.29) is 18.2 Å². The maximum Gasteiger partial charge on any atom is 0.238 e. The highest BCUT2D eigenvalue weighted by Crippen LogP contribution is 2.26. The van der Waals surface area contributed by atoms with E-state index in [1.54, 1.807) is 0 Å². The Morgan fingerprint density at radius 2 is 2.20 bits per heavy atom. The van der Waals surface area contributed by atoms with Gasteiger partial charge in [-0.2, -0.15) is 0 Å². The molecule has 20 heavy (non-hydrogen) atoms. The molecule has 1 aliphatic rings. The Bertz CT molecular complexity index is 487. The maximum atomic E-state index is 12.1. The van der Waals surface area contributed by atoms with Gasteiger partial charge in [0.05, 0.1) is 12.6 Å². The first kappa shape index (κ1) is 15.0. The molecule has 1 amide bonds. The summed E-state index contributed by atoms with van der Waals surface area (Å²) < 4.78 is 5.57. The number of hydrogen-bond donors (Lipinski definition) is 1. The first-order valence-corrected chi connectivity index (χ1v) is 7.24. The van der Waals surface area contributed by atoms with Crippen LogP contribution in [-0.4, -0.2) is 36.6 Å². The van der Waals surface area contributed by atoms with Gasteiger partial charge in [0.15, 0.2) is 0 Å². The highest BCUT2D eigenvalue weighted by molar-refractivity contribution is 5.81. The molecular weight excluding hydrogens is 252 g/mol. The van der Waals surface area contributed by atoms with E-state index in [0.717, 1.165) is 0 Å². The molecule has 0 aromatic heterocycles. The standard InChI is InChI=1S/C16H24N2O2/c1-5-20-13(4)10-18-15(19)9-17-16(18)14-8-11(2)6-7-12(14)3/h6-8,13,16-17H,5,9-10H2,1-4H3. The summed E-state index contributed by atoms with van der Waals surface area (Å²) in [5.41, 5.74) is 3.60. The molecule has 1 fully saturated rings. The maximum absolute atomic E-state index is 12.1. The summed E-state index contributed by atoms with van der Waals surface area (Å²) in [7, 11) is 0. The lowest BCUT2D eigenvalue weighted by molar-refractivity contribution is -0.129. The van der Waals surface area contributed by atoms with Crippen LogP contribution in [0.15, 0.2) is 18.2 Å². The fourth-order valence-electron chi connectivity index (χ4n) is 2.69. The van der Waals surface area contributed by atoms with Crippen molar-refractivity contribution in [2.24, 2.45) is 0 Å². The van der Waals surface area contributed by atoms with Crippen LogP contribution in [0.5, 0.6) is 0 Å².